The van der Waals surface area contributed by atoms with Gasteiger partial charge in [0.2, 0.25) is 0 Å². The maximum atomic E-state index is 5.87. The van der Waals surface area contributed by atoms with Crippen molar-refractivity contribution in [1.82, 2.24) is 0 Å². The van der Waals surface area contributed by atoms with E-state index >= 15 is 0 Å². The van der Waals surface area contributed by atoms with E-state index in [1.54, 1.807) is 0 Å². The van der Waals surface area contributed by atoms with E-state index in [1.807, 2.05) is 25.1 Å². The molecule has 1 aromatic rings. The highest BCUT2D eigenvalue weighted by Crippen LogP contribution is 2.29. The summed E-state index contributed by atoms with van der Waals surface area (Å²) in [6.07, 6.45) is 1.91. The second-order valence-corrected chi connectivity index (χ2v) is 3.52. The number of rotatable bonds is 0. The van der Waals surface area contributed by atoms with Crippen molar-refractivity contribution in [2.24, 2.45) is 5.73 Å². The third-order valence-corrected chi connectivity index (χ3v) is 2.21. The van der Waals surface area contributed by atoms with Gasteiger partial charge in [0, 0.05) is 6.42 Å². The molecule has 1 atom stereocenters. The second kappa shape index (κ2) is 2.49. The average molecular weight is 163 g/mol. The first-order chi connectivity index (χ1) is 5.67. The van der Waals surface area contributed by atoms with E-state index in [0.717, 1.165) is 18.6 Å². The van der Waals surface area contributed by atoms with Gasteiger partial charge in [-0.25, -0.2) is 0 Å². The number of hydrogen-bond acceptors (Lipinski definition) is 2. The van der Waals surface area contributed by atoms with Crippen molar-refractivity contribution in [2.75, 3.05) is 0 Å². The highest BCUT2D eigenvalue weighted by molar-refractivity contribution is 5.35. The van der Waals surface area contributed by atoms with E-state index in [-0.39, 0.29) is 0 Å². The van der Waals surface area contributed by atoms with Crippen LogP contribution in [0.2, 0.25) is 0 Å². The largest absolute Gasteiger partial charge is 0.473 e. The summed E-state index contributed by atoms with van der Waals surface area (Å²) in [5.74, 6) is 0.939. The summed E-state index contributed by atoms with van der Waals surface area (Å²) >= 11 is 0. The molecule has 1 heterocycles. The van der Waals surface area contributed by atoms with E-state index in [0.29, 0.717) is 0 Å². The predicted octanol–water partition coefficient (Wildman–Crippen LogP) is 1.69. The molecule has 0 saturated carbocycles. The van der Waals surface area contributed by atoms with E-state index in [2.05, 4.69) is 6.07 Å². The first kappa shape index (κ1) is 7.62. The normalized spacial score (nSPS) is 27.5. The zero-order valence-electron chi connectivity index (χ0n) is 7.21. The third-order valence-electron chi connectivity index (χ3n) is 2.21. The second-order valence-electron chi connectivity index (χ2n) is 3.52. The summed E-state index contributed by atoms with van der Waals surface area (Å²) in [5.41, 5.74) is 6.66. The summed E-state index contributed by atoms with van der Waals surface area (Å²) in [5, 5.41) is 0. The minimum Gasteiger partial charge on any atom is -0.473 e. The monoisotopic (exact) mass is 163 g/mol. The fraction of sp³-hybridized carbons (Fsp3) is 0.400. The Hall–Kier alpha value is -1.02. The number of aryl methyl sites for hydroxylation is 1. The number of hydrogen-bond donors (Lipinski definition) is 1. The Labute approximate surface area is 72.3 Å². The van der Waals surface area contributed by atoms with Crippen molar-refractivity contribution < 1.29 is 4.74 Å². The summed E-state index contributed by atoms with van der Waals surface area (Å²) in [6, 6.07) is 8.06. The van der Waals surface area contributed by atoms with Crippen molar-refractivity contribution in [3.63, 3.8) is 0 Å². The van der Waals surface area contributed by atoms with Crippen molar-refractivity contribution in [3.05, 3.63) is 29.8 Å². The molecule has 2 rings (SSSR count). The van der Waals surface area contributed by atoms with Crippen LogP contribution in [0.15, 0.2) is 24.3 Å². The molecule has 1 unspecified atom stereocenters. The number of para-hydroxylation sites is 1. The summed E-state index contributed by atoms with van der Waals surface area (Å²) in [6.45, 7) is 1.92. The van der Waals surface area contributed by atoms with E-state index < -0.39 is 5.72 Å². The molecule has 0 saturated heterocycles. The summed E-state index contributed by atoms with van der Waals surface area (Å²) in [7, 11) is 0. The van der Waals surface area contributed by atoms with Crippen LogP contribution in [0.5, 0.6) is 5.75 Å². The quantitative estimate of drug-likeness (QED) is 0.631. The minimum atomic E-state index is -0.478. The molecule has 12 heavy (non-hydrogen) atoms. The molecule has 0 radical (unpaired) electrons. The Bertz CT molecular complexity index is 294. The van der Waals surface area contributed by atoms with Crippen molar-refractivity contribution in [2.45, 2.75) is 25.5 Å². The van der Waals surface area contributed by atoms with E-state index in [4.69, 9.17) is 10.5 Å². The first-order valence-electron chi connectivity index (χ1n) is 4.23. The topological polar surface area (TPSA) is 35.2 Å². The van der Waals surface area contributed by atoms with Gasteiger partial charge >= 0.3 is 0 Å². The molecule has 0 amide bonds. The van der Waals surface area contributed by atoms with Gasteiger partial charge in [0.1, 0.15) is 5.75 Å². The molecule has 1 aromatic carbocycles. The minimum absolute atomic E-state index is 0.478. The SMILES string of the molecule is CC1(N)CCc2ccccc2O1. The number of benzene rings is 1. The Morgan fingerprint density at radius 2 is 2.17 bits per heavy atom. The van der Waals surface area contributed by atoms with Crippen LogP contribution in [0, 0.1) is 0 Å². The van der Waals surface area contributed by atoms with Crippen LogP contribution in [0.25, 0.3) is 0 Å². The highest BCUT2D eigenvalue weighted by atomic mass is 16.5. The van der Waals surface area contributed by atoms with Crippen LogP contribution < -0.4 is 10.5 Å². The lowest BCUT2D eigenvalue weighted by Crippen LogP contribution is -2.45. The molecule has 0 spiro atoms. The number of nitrogens with two attached hydrogens (primary N) is 1. The maximum Gasteiger partial charge on any atom is 0.156 e. The summed E-state index contributed by atoms with van der Waals surface area (Å²) < 4.78 is 5.60. The average Bonchev–Trinajstić information content (AvgIpc) is 2.02. The molecular weight excluding hydrogens is 150 g/mol. The molecular formula is C10H13NO. The van der Waals surface area contributed by atoms with Crippen LogP contribution in [0.4, 0.5) is 0 Å². The van der Waals surface area contributed by atoms with Crippen molar-refractivity contribution in [3.8, 4) is 5.75 Å². The molecule has 2 heteroatoms. The lowest BCUT2D eigenvalue weighted by molar-refractivity contribution is 0.0720. The number of ether oxygens (including phenoxy) is 1. The zero-order valence-corrected chi connectivity index (χ0v) is 7.21. The van der Waals surface area contributed by atoms with Gasteiger partial charge in [-0.15, -0.1) is 0 Å². The molecule has 0 aliphatic carbocycles. The van der Waals surface area contributed by atoms with Gasteiger partial charge < -0.3 is 4.74 Å². The molecule has 0 aromatic heterocycles. The molecule has 2 nitrogen and oxygen atoms in total. The molecule has 1 aliphatic rings. The molecule has 1 aliphatic heterocycles. The zero-order chi connectivity index (χ0) is 8.60. The molecule has 2 N–H and O–H groups in total. The van der Waals surface area contributed by atoms with Gasteiger partial charge in [0.25, 0.3) is 0 Å². The third kappa shape index (κ3) is 1.30. The van der Waals surface area contributed by atoms with Gasteiger partial charge in [-0.2, -0.15) is 0 Å². The number of fused-ring (bicyclic) bond motifs is 1. The Kier molecular flexibility index (Phi) is 1.58. The predicted molar refractivity (Wildman–Crippen MR) is 48.0 cm³/mol. The smallest absolute Gasteiger partial charge is 0.156 e. The van der Waals surface area contributed by atoms with Crippen LogP contribution in [-0.4, -0.2) is 5.72 Å². The van der Waals surface area contributed by atoms with Gasteiger partial charge in [0.05, 0.1) is 0 Å². The molecule has 0 bridgehead atoms. The van der Waals surface area contributed by atoms with E-state index in [9.17, 15) is 0 Å². The fourth-order valence-electron chi connectivity index (χ4n) is 1.50. The van der Waals surface area contributed by atoms with Gasteiger partial charge in [-0.3, -0.25) is 5.73 Å². The van der Waals surface area contributed by atoms with Crippen molar-refractivity contribution >= 4 is 0 Å². The lowest BCUT2D eigenvalue weighted by Gasteiger charge is -2.31. The van der Waals surface area contributed by atoms with Gasteiger partial charge in [-0.1, -0.05) is 18.2 Å². The first-order valence-corrected chi connectivity index (χ1v) is 4.23. The fourth-order valence-corrected chi connectivity index (χ4v) is 1.50. The van der Waals surface area contributed by atoms with Crippen LogP contribution in [-0.2, 0) is 6.42 Å². The van der Waals surface area contributed by atoms with Gasteiger partial charge in [0.15, 0.2) is 5.72 Å². The van der Waals surface area contributed by atoms with Crippen molar-refractivity contribution in [1.29, 1.82) is 0 Å². The van der Waals surface area contributed by atoms with Crippen LogP contribution in [0.1, 0.15) is 18.9 Å². The molecule has 0 fully saturated rings. The Morgan fingerprint density at radius 3 is 3.00 bits per heavy atom. The highest BCUT2D eigenvalue weighted by Gasteiger charge is 2.26. The molecule has 64 valence electrons. The van der Waals surface area contributed by atoms with Crippen LogP contribution in [0.3, 0.4) is 0 Å². The van der Waals surface area contributed by atoms with Crippen LogP contribution >= 0.6 is 0 Å². The van der Waals surface area contributed by atoms with E-state index in [1.165, 1.54) is 5.56 Å². The summed E-state index contributed by atoms with van der Waals surface area (Å²) in [4.78, 5) is 0. The standard InChI is InChI=1S/C10H13NO/c1-10(11)7-6-8-4-2-3-5-9(8)12-10/h2-5H,6-7,11H2,1H3. The maximum absolute atomic E-state index is 5.87. The lowest BCUT2D eigenvalue weighted by atomic mass is 10.00. The van der Waals surface area contributed by atoms with Gasteiger partial charge in [-0.05, 0) is 25.0 Å². The Morgan fingerprint density at radius 1 is 1.42 bits per heavy atom. The Balaban J connectivity index is 2.35.